The molecule has 3 rings (SSSR count). The number of rotatable bonds is 4. The Morgan fingerprint density at radius 3 is 2.74 bits per heavy atom. The molecule has 1 aromatic carbocycles. The van der Waals surface area contributed by atoms with E-state index in [0.717, 1.165) is 42.9 Å². The van der Waals surface area contributed by atoms with Crippen molar-refractivity contribution in [2.75, 3.05) is 19.8 Å². The molecule has 1 atom stereocenters. The first-order valence-corrected chi connectivity index (χ1v) is 8.37. The average molecular weight is 336 g/mol. The first-order chi connectivity index (χ1) is 11.1. The fourth-order valence-corrected chi connectivity index (χ4v) is 3.50. The molecule has 1 N–H and O–H groups in total. The molecule has 6 nitrogen and oxygen atoms in total. The molecule has 0 bridgehead atoms. The molecule has 2 heterocycles. The molecule has 0 aliphatic carbocycles. The van der Waals surface area contributed by atoms with Gasteiger partial charge in [-0.1, -0.05) is 22.9 Å². The van der Waals surface area contributed by atoms with Crippen LogP contribution in [0.15, 0.2) is 22.5 Å². The van der Waals surface area contributed by atoms with Crippen molar-refractivity contribution in [1.82, 2.24) is 15.4 Å². The third-order valence-electron chi connectivity index (χ3n) is 4.76. The lowest BCUT2D eigenvalue weighted by Crippen LogP contribution is -2.34. The van der Waals surface area contributed by atoms with Gasteiger partial charge in [-0.15, -0.1) is 0 Å². The van der Waals surface area contributed by atoms with Gasteiger partial charge in [0.05, 0.1) is 6.04 Å². The highest BCUT2D eigenvalue weighted by molar-refractivity contribution is 6.31. The summed E-state index contributed by atoms with van der Waals surface area (Å²) >= 11 is 6.39. The number of piperidine rings is 1. The van der Waals surface area contributed by atoms with Gasteiger partial charge < -0.3 is 4.90 Å². The Hall–Kier alpha value is -1.66. The number of amides is 1. The van der Waals surface area contributed by atoms with E-state index in [1.165, 1.54) is 11.1 Å². The fraction of sp³-hybridized carbons (Fsp3) is 0.562. The molecule has 0 unspecified atom stereocenters. The largest absolute Gasteiger partial charge is 0.345 e. The molecule has 1 amide bonds. The predicted molar refractivity (Wildman–Crippen MR) is 88.9 cm³/mol. The third kappa shape index (κ3) is 3.33. The maximum atomic E-state index is 10.9. The van der Waals surface area contributed by atoms with E-state index in [-0.39, 0.29) is 6.04 Å². The number of carbonyl (C=O) groups excluding carboxylic acids is 1. The van der Waals surface area contributed by atoms with Crippen LogP contribution < -0.4 is 5.43 Å². The van der Waals surface area contributed by atoms with Gasteiger partial charge in [-0.05, 0) is 55.4 Å². The highest BCUT2D eigenvalue weighted by Crippen LogP contribution is 2.37. The van der Waals surface area contributed by atoms with E-state index >= 15 is 0 Å². The van der Waals surface area contributed by atoms with Crippen molar-refractivity contribution in [3.8, 4) is 0 Å². The summed E-state index contributed by atoms with van der Waals surface area (Å²) in [6, 6.07) is 4.33. The topological polar surface area (TPSA) is 60.3 Å². The number of hydrogen-bond acceptors (Lipinski definition) is 5. The van der Waals surface area contributed by atoms with E-state index in [0.29, 0.717) is 12.6 Å². The van der Waals surface area contributed by atoms with Gasteiger partial charge in [-0.25, -0.2) is 5.12 Å². The molecule has 2 aliphatic heterocycles. The Balaban J connectivity index is 1.90. The zero-order valence-electron chi connectivity index (χ0n) is 13.5. The van der Waals surface area contributed by atoms with Gasteiger partial charge in [-0.2, -0.15) is 10.5 Å². The maximum Gasteiger partial charge on any atom is 0.209 e. The average Bonchev–Trinajstić information content (AvgIpc) is 3.11. The van der Waals surface area contributed by atoms with Crippen LogP contribution in [0.4, 0.5) is 0 Å². The number of nitrogens with one attached hydrogen (secondary N) is 1. The standard InChI is InChI=1S/C16H22ClN5O/c1-11-7-14(12(2)22-19-9-18-20-22)15(8-16(11)17)13-3-5-21(10-23)6-4-13/h7-8,10,12-13,19H,3-6,9H2,1-2H3/t12-/m0/s1. The van der Waals surface area contributed by atoms with Crippen LogP contribution in [0.5, 0.6) is 0 Å². The molecular formula is C16H22ClN5O. The Kier molecular flexibility index (Phi) is 4.82. The molecule has 0 radical (unpaired) electrons. The lowest BCUT2D eigenvalue weighted by molar-refractivity contribution is -0.119. The second-order valence-electron chi connectivity index (χ2n) is 6.21. The van der Waals surface area contributed by atoms with Crippen molar-refractivity contribution in [1.29, 1.82) is 0 Å². The Labute approximate surface area is 141 Å². The third-order valence-corrected chi connectivity index (χ3v) is 5.17. The summed E-state index contributed by atoms with van der Waals surface area (Å²) in [7, 11) is 0. The summed E-state index contributed by atoms with van der Waals surface area (Å²) in [5.41, 5.74) is 6.71. The van der Waals surface area contributed by atoms with Crippen LogP contribution in [0, 0.1) is 6.92 Å². The van der Waals surface area contributed by atoms with E-state index in [9.17, 15) is 4.79 Å². The van der Waals surface area contributed by atoms with E-state index in [2.05, 4.69) is 34.8 Å². The normalized spacial score (nSPS) is 20.1. The van der Waals surface area contributed by atoms with Crippen LogP contribution in [-0.2, 0) is 4.79 Å². The SMILES string of the molecule is Cc1cc([C@H](C)N2N=NCN2)c(C2CCN(C=O)CC2)cc1Cl. The van der Waals surface area contributed by atoms with Gasteiger partial charge in [0.25, 0.3) is 0 Å². The van der Waals surface area contributed by atoms with Crippen molar-refractivity contribution < 1.29 is 4.79 Å². The van der Waals surface area contributed by atoms with E-state index in [4.69, 9.17) is 11.6 Å². The summed E-state index contributed by atoms with van der Waals surface area (Å²) < 4.78 is 0. The second kappa shape index (κ2) is 6.84. The monoisotopic (exact) mass is 335 g/mol. The molecular weight excluding hydrogens is 314 g/mol. The van der Waals surface area contributed by atoms with E-state index in [1.807, 2.05) is 11.8 Å². The van der Waals surface area contributed by atoms with Crippen LogP contribution >= 0.6 is 11.6 Å². The van der Waals surface area contributed by atoms with Crippen molar-refractivity contribution in [2.24, 2.45) is 10.3 Å². The summed E-state index contributed by atoms with van der Waals surface area (Å²) in [6.07, 6.45) is 2.87. The van der Waals surface area contributed by atoms with Crippen molar-refractivity contribution in [3.63, 3.8) is 0 Å². The van der Waals surface area contributed by atoms with Crippen LogP contribution in [0.1, 0.15) is 48.4 Å². The molecule has 1 aromatic rings. The number of likely N-dealkylation sites (tertiary alicyclic amines) is 1. The molecule has 0 spiro atoms. The predicted octanol–water partition coefficient (Wildman–Crippen LogP) is 3.19. The van der Waals surface area contributed by atoms with E-state index < -0.39 is 0 Å². The number of carbonyl (C=O) groups is 1. The van der Waals surface area contributed by atoms with Gasteiger partial charge >= 0.3 is 0 Å². The van der Waals surface area contributed by atoms with E-state index in [1.54, 1.807) is 5.12 Å². The Bertz CT molecular complexity index is 613. The number of hydrogen-bond donors (Lipinski definition) is 1. The van der Waals surface area contributed by atoms with Gasteiger partial charge in [0, 0.05) is 18.1 Å². The summed E-state index contributed by atoms with van der Waals surface area (Å²) in [6.45, 7) is 6.26. The zero-order chi connectivity index (χ0) is 16.4. The Morgan fingerprint density at radius 2 is 2.13 bits per heavy atom. The van der Waals surface area contributed by atoms with Crippen LogP contribution in [0.2, 0.25) is 5.02 Å². The lowest BCUT2D eigenvalue weighted by atomic mass is 9.84. The minimum Gasteiger partial charge on any atom is -0.345 e. The molecule has 23 heavy (non-hydrogen) atoms. The lowest BCUT2D eigenvalue weighted by Gasteiger charge is -2.33. The first-order valence-electron chi connectivity index (χ1n) is 7.99. The fourth-order valence-electron chi connectivity index (χ4n) is 3.33. The van der Waals surface area contributed by atoms with Crippen LogP contribution in [0.3, 0.4) is 0 Å². The Morgan fingerprint density at radius 1 is 1.39 bits per heavy atom. The minimum atomic E-state index is 0.0799. The van der Waals surface area contributed by atoms with Crippen molar-refractivity contribution in [3.05, 3.63) is 33.8 Å². The highest BCUT2D eigenvalue weighted by Gasteiger charge is 2.27. The van der Waals surface area contributed by atoms with Gasteiger partial charge in [-0.3, -0.25) is 4.79 Å². The minimum absolute atomic E-state index is 0.0799. The van der Waals surface area contributed by atoms with Crippen molar-refractivity contribution >= 4 is 18.0 Å². The molecule has 1 fully saturated rings. The molecule has 1 saturated heterocycles. The molecule has 0 aromatic heterocycles. The van der Waals surface area contributed by atoms with Crippen LogP contribution in [0.25, 0.3) is 0 Å². The van der Waals surface area contributed by atoms with Gasteiger partial charge in [0.2, 0.25) is 6.41 Å². The van der Waals surface area contributed by atoms with Crippen molar-refractivity contribution in [2.45, 2.75) is 38.6 Å². The summed E-state index contributed by atoms with van der Waals surface area (Å²) in [5.74, 6) is 0.418. The molecule has 0 saturated carbocycles. The number of benzene rings is 1. The van der Waals surface area contributed by atoms with Gasteiger partial charge in [0.1, 0.15) is 6.67 Å². The van der Waals surface area contributed by atoms with Crippen LogP contribution in [-0.4, -0.2) is 36.2 Å². The molecule has 124 valence electrons. The first kappa shape index (κ1) is 16.2. The number of halogens is 1. The zero-order valence-corrected chi connectivity index (χ0v) is 14.3. The smallest absolute Gasteiger partial charge is 0.209 e. The number of nitrogens with zero attached hydrogens (tertiary/aromatic N) is 4. The quantitative estimate of drug-likeness (QED) is 0.860. The number of hydrazine groups is 1. The molecule has 2 aliphatic rings. The highest BCUT2D eigenvalue weighted by atomic mass is 35.5. The summed E-state index contributed by atoms with van der Waals surface area (Å²) in [4.78, 5) is 12.8. The molecule has 7 heteroatoms. The summed E-state index contributed by atoms with van der Waals surface area (Å²) in [5, 5.41) is 10.7. The maximum absolute atomic E-state index is 10.9. The number of aryl methyl sites for hydroxylation is 1. The van der Waals surface area contributed by atoms with Gasteiger partial charge in [0.15, 0.2) is 0 Å². The second-order valence-corrected chi connectivity index (χ2v) is 6.62.